The lowest BCUT2D eigenvalue weighted by molar-refractivity contribution is -0.138. The van der Waals surface area contributed by atoms with Gasteiger partial charge in [-0.2, -0.15) is 0 Å². The maximum atomic E-state index is 11.8. The fraction of sp³-hybridized carbons (Fsp3) is 0.333. The molecular weight excluding hydrogens is 406 g/mol. The van der Waals surface area contributed by atoms with Crippen LogP contribution in [-0.2, 0) is 4.79 Å². The van der Waals surface area contributed by atoms with E-state index in [2.05, 4.69) is 32.4 Å². The Morgan fingerprint density at radius 1 is 1.28 bits per heavy atom. The van der Waals surface area contributed by atoms with Crippen LogP contribution in [-0.4, -0.2) is 53.3 Å². The summed E-state index contributed by atoms with van der Waals surface area (Å²) in [6, 6.07) is 15.5. The number of aromatic nitrogens is 2. The molecule has 4 rings (SSSR count). The summed E-state index contributed by atoms with van der Waals surface area (Å²) in [4.78, 5) is 21.4. The van der Waals surface area contributed by atoms with Crippen molar-refractivity contribution >= 4 is 23.3 Å². The number of anilines is 3. The van der Waals surface area contributed by atoms with Crippen LogP contribution in [0, 0.1) is 0 Å². The zero-order valence-corrected chi connectivity index (χ0v) is 18.1. The maximum Gasteiger partial charge on any atom is 0.312 e. The molecule has 0 fully saturated rings. The molecule has 2 aromatic carbocycles. The molecule has 0 saturated carbocycles. The number of aliphatic carboxylic acids is 1. The lowest BCUT2D eigenvalue weighted by Gasteiger charge is -2.34. The van der Waals surface area contributed by atoms with E-state index in [4.69, 9.17) is 4.74 Å². The van der Waals surface area contributed by atoms with Gasteiger partial charge in [-0.05, 0) is 24.1 Å². The van der Waals surface area contributed by atoms with E-state index < -0.39 is 11.9 Å². The lowest BCUT2D eigenvalue weighted by Crippen LogP contribution is -2.41. The average Bonchev–Trinajstić information content (AvgIpc) is 3.32. The molecule has 8 heteroatoms. The van der Waals surface area contributed by atoms with Crippen molar-refractivity contribution < 1.29 is 14.6 Å². The van der Waals surface area contributed by atoms with Crippen molar-refractivity contribution in [3.8, 4) is 5.75 Å². The second-order valence-corrected chi connectivity index (χ2v) is 7.85. The van der Waals surface area contributed by atoms with Crippen molar-refractivity contribution in [1.82, 2.24) is 9.97 Å². The number of hydrogen-bond acceptors (Lipinski definition) is 6. The van der Waals surface area contributed by atoms with Crippen molar-refractivity contribution in [2.75, 3.05) is 41.8 Å². The van der Waals surface area contributed by atoms with Crippen LogP contribution in [0.15, 0.2) is 60.9 Å². The first kappa shape index (κ1) is 21.5. The summed E-state index contributed by atoms with van der Waals surface area (Å²) in [5.41, 5.74) is 2.66. The van der Waals surface area contributed by atoms with Gasteiger partial charge >= 0.3 is 5.97 Å². The largest absolute Gasteiger partial charge is 0.489 e. The summed E-state index contributed by atoms with van der Waals surface area (Å²) in [5.74, 6) is 0.110. The molecule has 0 spiro atoms. The quantitative estimate of drug-likeness (QED) is 0.384. The molecule has 4 N–H and O–H groups in total. The van der Waals surface area contributed by atoms with Gasteiger partial charge in [-0.15, -0.1) is 0 Å². The van der Waals surface area contributed by atoms with Gasteiger partial charge < -0.3 is 30.4 Å². The van der Waals surface area contributed by atoms with Crippen LogP contribution < -0.4 is 20.3 Å². The van der Waals surface area contributed by atoms with E-state index in [1.165, 1.54) is 0 Å². The van der Waals surface area contributed by atoms with Crippen LogP contribution >= 0.6 is 0 Å². The summed E-state index contributed by atoms with van der Waals surface area (Å²) in [6.45, 7) is 4.70. The molecule has 8 nitrogen and oxygen atoms in total. The second kappa shape index (κ2) is 10.1. The number of carboxylic acid groups (broad SMARTS) is 1. The summed E-state index contributed by atoms with van der Waals surface area (Å²) in [5, 5.41) is 16.4. The number of H-pyrrole nitrogens is 1. The topological polar surface area (TPSA) is 103 Å². The van der Waals surface area contributed by atoms with Crippen LogP contribution in [0.3, 0.4) is 0 Å². The van der Waals surface area contributed by atoms with Gasteiger partial charge in [0.1, 0.15) is 12.4 Å². The zero-order chi connectivity index (χ0) is 22.3. The Labute approximate surface area is 187 Å². The van der Waals surface area contributed by atoms with Crippen LogP contribution in [0.2, 0.25) is 0 Å². The van der Waals surface area contributed by atoms with Crippen molar-refractivity contribution in [3.63, 3.8) is 0 Å². The van der Waals surface area contributed by atoms with Gasteiger partial charge in [0.15, 0.2) is 5.95 Å². The normalized spacial score (nSPS) is 14.7. The molecule has 32 heavy (non-hydrogen) atoms. The Bertz CT molecular complexity index is 1010. The van der Waals surface area contributed by atoms with Crippen LogP contribution in [0.25, 0.3) is 0 Å². The SMILES string of the molecule is CCC(CN1CCOc2cc(NCC(C(=O)O)c3ccccc3)ccc21)Nc1ncc[nH]1. The highest BCUT2D eigenvalue weighted by Gasteiger charge is 2.23. The molecule has 0 bridgehead atoms. The second-order valence-electron chi connectivity index (χ2n) is 7.85. The molecule has 3 aromatic rings. The first-order chi connectivity index (χ1) is 15.6. The zero-order valence-electron chi connectivity index (χ0n) is 18.1. The molecule has 2 heterocycles. The monoisotopic (exact) mass is 435 g/mol. The molecule has 2 atom stereocenters. The van der Waals surface area contributed by atoms with Crippen LogP contribution in [0.5, 0.6) is 5.75 Å². The van der Waals surface area contributed by atoms with Gasteiger partial charge in [0.25, 0.3) is 0 Å². The Balaban J connectivity index is 1.42. The number of benzene rings is 2. The Hall–Kier alpha value is -3.68. The van der Waals surface area contributed by atoms with E-state index in [-0.39, 0.29) is 6.04 Å². The Morgan fingerprint density at radius 2 is 2.12 bits per heavy atom. The number of carbonyl (C=O) groups is 1. The minimum Gasteiger partial charge on any atom is -0.489 e. The highest BCUT2D eigenvalue weighted by molar-refractivity contribution is 5.77. The number of fused-ring (bicyclic) bond motifs is 1. The third kappa shape index (κ3) is 5.14. The molecule has 0 radical (unpaired) electrons. The number of rotatable bonds is 10. The lowest BCUT2D eigenvalue weighted by atomic mass is 9.99. The Kier molecular flexibility index (Phi) is 6.79. The first-order valence-corrected chi connectivity index (χ1v) is 10.9. The van der Waals surface area contributed by atoms with Crippen LogP contribution in [0.4, 0.5) is 17.3 Å². The molecule has 2 unspecified atom stereocenters. The van der Waals surface area contributed by atoms with Crippen molar-refractivity contribution in [3.05, 3.63) is 66.5 Å². The van der Waals surface area contributed by atoms with Gasteiger partial charge in [-0.1, -0.05) is 37.3 Å². The Morgan fingerprint density at radius 3 is 2.84 bits per heavy atom. The number of imidazole rings is 1. The molecule has 168 valence electrons. The van der Waals surface area contributed by atoms with E-state index >= 15 is 0 Å². The van der Waals surface area contributed by atoms with E-state index in [1.807, 2.05) is 48.5 Å². The number of aromatic amines is 1. The highest BCUT2D eigenvalue weighted by atomic mass is 16.5. The van der Waals surface area contributed by atoms with Gasteiger partial charge in [-0.25, -0.2) is 4.98 Å². The van der Waals surface area contributed by atoms with E-state index in [1.54, 1.807) is 12.4 Å². The first-order valence-electron chi connectivity index (χ1n) is 10.9. The van der Waals surface area contributed by atoms with Crippen molar-refractivity contribution in [2.45, 2.75) is 25.3 Å². The summed E-state index contributed by atoms with van der Waals surface area (Å²) < 4.78 is 5.92. The molecule has 1 aliphatic heterocycles. The van der Waals surface area contributed by atoms with E-state index in [9.17, 15) is 9.90 Å². The minimum atomic E-state index is -0.848. The molecule has 0 aliphatic carbocycles. The minimum absolute atomic E-state index is 0.243. The van der Waals surface area contributed by atoms with Gasteiger partial charge in [0, 0.05) is 43.3 Å². The van der Waals surface area contributed by atoms with Gasteiger partial charge in [0.05, 0.1) is 18.2 Å². The molecular formula is C24H29N5O3. The number of hydrogen-bond donors (Lipinski definition) is 4. The van der Waals surface area contributed by atoms with E-state index in [0.717, 1.165) is 48.1 Å². The van der Waals surface area contributed by atoms with E-state index in [0.29, 0.717) is 13.2 Å². The third-order valence-corrected chi connectivity index (χ3v) is 5.70. The smallest absolute Gasteiger partial charge is 0.312 e. The predicted molar refractivity (Wildman–Crippen MR) is 126 cm³/mol. The molecule has 0 saturated heterocycles. The number of ether oxygens (including phenoxy) is 1. The number of nitrogens with one attached hydrogen (secondary N) is 3. The molecule has 0 amide bonds. The predicted octanol–water partition coefficient (Wildman–Crippen LogP) is 3.78. The number of nitrogens with zero attached hydrogens (tertiary/aromatic N) is 2. The fourth-order valence-corrected chi connectivity index (χ4v) is 3.91. The standard InChI is InChI=1S/C24H29N5O3/c1-2-18(28-24-25-10-11-26-24)16-29-12-13-32-22-14-19(8-9-21(22)29)27-15-20(23(30)31)17-6-4-3-5-7-17/h3-11,14,18,20,27H,2,12-13,15-16H2,1H3,(H,30,31)(H2,25,26,28). The average molecular weight is 436 g/mol. The molecule has 1 aliphatic rings. The third-order valence-electron chi connectivity index (χ3n) is 5.70. The van der Waals surface area contributed by atoms with Gasteiger partial charge in [0.2, 0.25) is 0 Å². The van der Waals surface area contributed by atoms with Crippen molar-refractivity contribution in [2.24, 2.45) is 0 Å². The number of carboxylic acids is 1. The fourth-order valence-electron chi connectivity index (χ4n) is 3.91. The summed E-state index contributed by atoms with van der Waals surface area (Å²) in [7, 11) is 0. The van der Waals surface area contributed by atoms with Crippen molar-refractivity contribution in [1.29, 1.82) is 0 Å². The maximum absolute atomic E-state index is 11.8. The van der Waals surface area contributed by atoms with Crippen LogP contribution in [0.1, 0.15) is 24.8 Å². The van der Waals surface area contributed by atoms with Gasteiger partial charge in [-0.3, -0.25) is 4.79 Å². The highest BCUT2D eigenvalue weighted by Crippen LogP contribution is 2.34. The molecule has 1 aromatic heterocycles. The summed E-state index contributed by atoms with van der Waals surface area (Å²) >= 11 is 0. The summed E-state index contributed by atoms with van der Waals surface area (Å²) in [6.07, 6.45) is 4.50.